The van der Waals surface area contributed by atoms with Gasteiger partial charge in [0, 0.05) is 5.69 Å². The van der Waals surface area contributed by atoms with E-state index in [0.717, 1.165) is 22.4 Å². The van der Waals surface area contributed by atoms with Crippen LogP contribution in [0.2, 0.25) is 0 Å². The molecule has 0 unspecified atom stereocenters. The van der Waals surface area contributed by atoms with Crippen molar-refractivity contribution in [2.24, 2.45) is 0 Å². The van der Waals surface area contributed by atoms with E-state index in [-0.39, 0.29) is 5.91 Å². The summed E-state index contributed by atoms with van der Waals surface area (Å²) in [6.07, 6.45) is 0.411. The minimum absolute atomic E-state index is 0.111. The summed E-state index contributed by atoms with van der Waals surface area (Å²) >= 11 is 0. The zero-order valence-corrected chi connectivity index (χ0v) is 13.9. The molecule has 0 bridgehead atoms. The number of para-hydroxylation sites is 1. The van der Waals surface area contributed by atoms with Crippen molar-refractivity contribution in [1.82, 2.24) is 0 Å². The number of amides is 1. The molecule has 120 valence electrons. The van der Waals surface area contributed by atoms with Gasteiger partial charge in [0.1, 0.15) is 0 Å². The van der Waals surface area contributed by atoms with Crippen molar-refractivity contribution in [3.05, 3.63) is 102 Å². The first-order chi connectivity index (χ1) is 11.7. The van der Waals surface area contributed by atoms with Crippen LogP contribution in [-0.2, 0) is 17.8 Å². The summed E-state index contributed by atoms with van der Waals surface area (Å²) < 4.78 is 0. The smallest absolute Gasteiger partial charge is 0.231 e. The highest BCUT2D eigenvalue weighted by molar-refractivity contribution is 5.94. The van der Waals surface area contributed by atoms with Crippen LogP contribution in [0.15, 0.2) is 84.9 Å². The van der Waals surface area contributed by atoms with Gasteiger partial charge in [-0.15, -0.1) is 0 Å². The molecule has 2 heteroatoms. The van der Waals surface area contributed by atoms with Crippen LogP contribution >= 0.6 is 0 Å². The number of benzene rings is 3. The van der Waals surface area contributed by atoms with Gasteiger partial charge in [-0.3, -0.25) is 4.79 Å². The van der Waals surface area contributed by atoms with Crippen molar-refractivity contribution in [3.63, 3.8) is 0 Å². The molecule has 1 amide bonds. The predicted octanol–water partition coefficient (Wildman–Crippen LogP) is 4.77. The lowest BCUT2D eigenvalue weighted by atomic mass is 10.0. The molecule has 0 spiro atoms. The van der Waals surface area contributed by atoms with E-state index in [1.807, 2.05) is 84.6 Å². The summed E-state index contributed by atoms with van der Waals surface area (Å²) in [5, 5.41) is 0. The van der Waals surface area contributed by atoms with Gasteiger partial charge in [0.25, 0.3) is 0 Å². The van der Waals surface area contributed by atoms with E-state index in [2.05, 4.69) is 12.1 Å². The number of rotatable bonds is 5. The van der Waals surface area contributed by atoms with Crippen molar-refractivity contribution >= 4 is 11.6 Å². The molecule has 0 fully saturated rings. The second kappa shape index (κ2) is 7.60. The number of hydrogen-bond acceptors (Lipinski definition) is 1. The lowest BCUT2D eigenvalue weighted by Gasteiger charge is -2.23. The molecule has 0 aliphatic carbocycles. The quantitative estimate of drug-likeness (QED) is 0.664. The Morgan fingerprint density at radius 3 is 2.04 bits per heavy atom. The van der Waals surface area contributed by atoms with Crippen molar-refractivity contribution in [2.75, 3.05) is 4.90 Å². The van der Waals surface area contributed by atoms with Crippen molar-refractivity contribution in [2.45, 2.75) is 19.9 Å². The summed E-state index contributed by atoms with van der Waals surface area (Å²) in [5.41, 5.74) is 4.29. The molecule has 3 aromatic rings. The van der Waals surface area contributed by atoms with E-state index in [1.165, 1.54) is 0 Å². The Hall–Kier alpha value is -2.87. The van der Waals surface area contributed by atoms with Crippen LogP contribution in [0.4, 0.5) is 5.69 Å². The van der Waals surface area contributed by atoms with Crippen LogP contribution in [0.5, 0.6) is 0 Å². The Morgan fingerprint density at radius 1 is 0.792 bits per heavy atom. The Bertz CT molecular complexity index is 796. The molecule has 2 nitrogen and oxygen atoms in total. The standard InChI is InChI=1S/C22H21NO/c1-18-10-8-9-13-20(18)16-22(24)23(21-14-6-3-7-15-21)17-19-11-4-2-5-12-19/h2-15H,16-17H2,1H3. The van der Waals surface area contributed by atoms with Gasteiger partial charge in [-0.05, 0) is 35.7 Å². The summed E-state index contributed by atoms with van der Waals surface area (Å²) in [6, 6.07) is 28.0. The van der Waals surface area contributed by atoms with E-state index in [0.29, 0.717) is 13.0 Å². The molecule has 0 aromatic heterocycles. The summed E-state index contributed by atoms with van der Waals surface area (Å²) in [7, 11) is 0. The summed E-state index contributed by atoms with van der Waals surface area (Å²) in [5.74, 6) is 0.111. The number of aryl methyl sites for hydroxylation is 1. The molecule has 0 aliphatic rings. The van der Waals surface area contributed by atoms with Gasteiger partial charge >= 0.3 is 0 Å². The van der Waals surface area contributed by atoms with Crippen molar-refractivity contribution in [3.8, 4) is 0 Å². The van der Waals surface area contributed by atoms with Gasteiger partial charge in [-0.25, -0.2) is 0 Å². The Balaban J connectivity index is 1.87. The fraction of sp³-hybridized carbons (Fsp3) is 0.136. The third-order valence-corrected chi connectivity index (χ3v) is 4.16. The minimum atomic E-state index is 0.111. The van der Waals surface area contributed by atoms with Gasteiger partial charge in [-0.1, -0.05) is 72.8 Å². The lowest BCUT2D eigenvalue weighted by Crippen LogP contribution is -2.31. The van der Waals surface area contributed by atoms with E-state index >= 15 is 0 Å². The van der Waals surface area contributed by atoms with Crippen LogP contribution in [0.25, 0.3) is 0 Å². The zero-order valence-electron chi connectivity index (χ0n) is 13.9. The Morgan fingerprint density at radius 2 is 1.38 bits per heavy atom. The average molecular weight is 315 g/mol. The molecule has 3 rings (SSSR count). The van der Waals surface area contributed by atoms with Gasteiger partial charge in [0.05, 0.1) is 13.0 Å². The van der Waals surface area contributed by atoms with Gasteiger partial charge in [0.15, 0.2) is 0 Å². The third kappa shape index (κ3) is 3.90. The van der Waals surface area contributed by atoms with Crippen LogP contribution in [0.1, 0.15) is 16.7 Å². The molecule has 0 saturated carbocycles. The summed E-state index contributed by atoms with van der Waals surface area (Å²) in [6.45, 7) is 2.63. The molecule has 0 heterocycles. The molecule has 3 aromatic carbocycles. The molecule has 0 atom stereocenters. The minimum Gasteiger partial charge on any atom is -0.308 e. The Labute approximate surface area is 143 Å². The van der Waals surface area contributed by atoms with Crippen LogP contribution in [0.3, 0.4) is 0 Å². The second-order valence-electron chi connectivity index (χ2n) is 5.90. The topological polar surface area (TPSA) is 20.3 Å². The van der Waals surface area contributed by atoms with E-state index in [9.17, 15) is 4.79 Å². The zero-order chi connectivity index (χ0) is 16.8. The first kappa shape index (κ1) is 16.0. The molecule has 0 saturated heterocycles. The van der Waals surface area contributed by atoms with E-state index in [1.54, 1.807) is 0 Å². The largest absolute Gasteiger partial charge is 0.308 e. The molecule has 0 aliphatic heterocycles. The first-order valence-electron chi connectivity index (χ1n) is 8.18. The molecule has 0 N–H and O–H groups in total. The highest BCUT2D eigenvalue weighted by Gasteiger charge is 2.17. The number of anilines is 1. The second-order valence-corrected chi connectivity index (χ2v) is 5.90. The van der Waals surface area contributed by atoms with Gasteiger partial charge in [0.2, 0.25) is 5.91 Å². The maximum absolute atomic E-state index is 13.0. The van der Waals surface area contributed by atoms with Crippen LogP contribution in [-0.4, -0.2) is 5.91 Å². The average Bonchev–Trinajstić information content (AvgIpc) is 2.63. The van der Waals surface area contributed by atoms with Crippen molar-refractivity contribution < 1.29 is 4.79 Å². The first-order valence-corrected chi connectivity index (χ1v) is 8.18. The molecular formula is C22H21NO. The normalized spacial score (nSPS) is 10.4. The molecule has 0 radical (unpaired) electrons. The van der Waals surface area contributed by atoms with Gasteiger partial charge < -0.3 is 4.90 Å². The third-order valence-electron chi connectivity index (χ3n) is 4.16. The maximum Gasteiger partial charge on any atom is 0.231 e. The van der Waals surface area contributed by atoms with Crippen LogP contribution in [0, 0.1) is 6.92 Å². The maximum atomic E-state index is 13.0. The number of hydrogen-bond donors (Lipinski definition) is 0. The summed E-state index contributed by atoms with van der Waals surface area (Å²) in [4.78, 5) is 14.9. The predicted molar refractivity (Wildman–Crippen MR) is 99.0 cm³/mol. The SMILES string of the molecule is Cc1ccccc1CC(=O)N(Cc1ccccc1)c1ccccc1. The number of nitrogens with zero attached hydrogens (tertiary/aromatic N) is 1. The van der Waals surface area contributed by atoms with Crippen molar-refractivity contribution in [1.29, 1.82) is 0 Å². The van der Waals surface area contributed by atoms with Crippen LogP contribution < -0.4 is 4.90 Å². The molecule has 24 heavy (non-hydrogen) atoms. The highest BCUT2D eigenvalue weighted by Crippen LogP contribution is 2.19. The number of carbonyl (C=O) groups excluding carboxylic acids is 1. The fourth-order valence-electron chi connectivity index (χ4n) is 2.76. The van der Waals surface area contributed by atoms with E-state index in [4.69, 9.17) is 0 Å². The number of carbonyl (C=O) groups is 1. The van der Waals surface area contributed by atoms with E-state index < -0.39 is 0 Å². The fourth-order valence-corrected chi connectivity index (χ4v) is 2.76. The highest BCUT2D eigenvalue weighted by atomic mass is 16.2. The Kier molecular flexibility index (Phi) is 5.07. The lowest BCUT2D eigenvalue weighted by molar-refractivity contribution is -0.118. The monoisotopic (exact) mass is 315 g/mol. The molecular weight excluding hydrogens is 294 g/mol. The van der Waals surface area contributed by atoms with Gasteiger partial charge in [-0.2, -0.15) is 0 Å².